The van der Waals surface area contributed by atoms with Gasteiger partial charge in [-0.3, -0.25) is 4.98 Å². The number of rotatable bonds is 3. The van der Waals surface area contributed by atoms with Crippen LogP contribution < -0.4 is 10.6 Å². The van der Waals surface area contributed by atoms with Crippen LogP contribution in [0.25, 0.3) is 0 Å². The number of nitrogens with one attached hydrogen (secondary N) is 2. The summed E-state index contributed by atoms with van der Waals surface area (Å²) in [6.45, 7) is 0.292. The summed E-state index contributed by atoms with van der Waals surface area (Å²) in [4.78, 5) is 26.7. The van der Waals surface area contributed by atoms with Crippen molar-refractivity contribution in [3.63, 3.8) is 0 Å². The summed E-state index contributed by atoms with van der Waals surface area (Å²) >= 11 is 0. The average Bonchev–Trinajstić information content (AvgIpc) is 2.53. The topological polar surface area (TPSA) is 95.8 Å². The molecule has 0 saturated heterocycles. The van der Waals surface area contributed by atoms with Crippen molar-refractivity contribution in [2.75, 3.05) is 5.32 Å². The van der Waals surface area contributed by atoms with E-state index in [0.29, 0.717) is 12.2 Å². The number of nitrogens with zero attached hydrogens (tertiary/aromatic N) is 3. The number of anilines is 1. The third kappa shape index (κ3) is 5.19. The Morgan fingerprint density at radius 3 is 2.33 bits per heavy atom. The lowest BCUT2D eigenvalue weighted by atomic mass is 10.3. The molecule has 1 aromatic carbocycles. The Bertz CT molecular complexity index is 628. The molecule has 2 rings (SSSR count). The normalized spacial score (nSPS) is 10.3. The van der Waals surface area contributed by atoms with Crippen LogP contribution in [-0.4, -0.2) is 17.0 Å². The number of para-hydroxylation sites is 1. The van der Waals surface area contributed by atoms with E-state index in [9.17, 15) is 9.59 Å². The Balaban J connectivity index is 1.78. The van der Waals surface area contributed by atoms with Crippen LogP contribution in [-0.2, 0) is 6.54 Å². The second-order valence-electron chi connectivity index (χ2n) is 4.01. The monoisotopic (exact) mass is 283 g/mol. The van der Waals surface area contributed by atoms with Gasteiger partial charge in [-0.05, 0) is 29.8 Å². The van der Waals surface area contributed by atoms with Gasteiger partial charge >= 0.3 is 12.1 Å². The molecule has 2 N–H and O–H groups in total. The van der Waals surface area contributed by atoms with Crippen LogP contribution in [0.5, 0.6) is 0 Å². The minimum Gasteiger partial charge on any atom is -0.331 e. The van der Waals surface area contributed by atoms with Gasteiger partial charge < -0.3 is 10.6 Å². The Morgan fingerprint density at radius 1 is 0.952 bits per heavy atom. The lowest BCUT2D eigenvalue weighted by Crippen LogP contribution is -2.19. The number of urea groups is 2. The Hall–Kier alpha value is -3.09. The van der Waals surface area contributed by atoms with Gasteiger partial charge in [0.15, 0.2) is 0 Å². The van der Waals surface area contributed by atoms with Gasteiger partial charge in [0, 0.05) is 24.6 Å². The molecule has 7 nitrogen and oxygen atoms in total. The molecule has 0 atom stereocenters. The SMILES string of the molecule is O=C(N=NC(=O)Nc1ccccc1)NCc1ccncc1. The molecule has 1 aromatic heterocycles. The van der Waals surface area contributed by atoms with Gasteiger partial charge in [0.25, 0.3) is 0 Å². The van der Waals surface area contributed by atoms with E-state index in [1.165, 1.54) is 0 Å². The first-order valence-electron chi connectivity index (χ1n) is 6.18. The van der Waals surface area contributed by atoms with Crippen molar-refractivity contribution in [3.05, 3.63) is 60.4 Å². The standard InChI is InChI=1S/C14H13N5O2/c20-13(16-10-11-6-8-15-9-7-11)18-19-14(21)17-12-4-2-1-3-5-12/h1-9H,10H2,(H,16,20)(H,17,21). The third-order valence-electron chi connectivity index (χ3n) is 2.45. The number of carbonyl (C=O) groups is 2. The zero-order valence-corrected chi connectivity index (χ0v) is 11.1. The minimum absolute atomic E-state index is 0.292. The molecular weight excluding hydrogens is 270 g/mol. The number of hydrogen-bond acceptors (Lipinski definition) is 3. The van der Waals surface area contributed by atoms with E-state index in [0.717, 1.165) is 5.56 Å². The highest BCUT2D eigenvalue weighted by Gasteiger charge is 2.02. The Morgan fingerprint density at radius 2 is 1.62 bits per heavy atom. The largest absolute Gasteiger partial charge is 0.364 e. The molecule has 106 valence electrons. The van der Waals surface area contributed by atoms with Gasteiger partial charge in [-0.1, -0.05) is 28.4 Å². The summed E-state index contributed by atoms with van der Waals surface area (Å²) in [5.41, 5.74) is 1.46. The van der Waals surface area contributed by atoms with Crippen LogP contribution in [0.2, 0.25) is 0 Å². The molecule has 0 aliphatic rings. The van der Waals surface area contributed by atoms with Gasteiger partial charge in [-0.2, -0.15) is 0 Å². The van der Waals surface area contributed by atoms with Gasteiger partial charge in [-0.15, -0.1) is 0 Å². The van der Waals surface area contributed by atoms with E-state index in [-0.39, 0.29) is 0 Å². The fourth-order valence-electron chi connectivity index (χ4n) is 1.47. The van der Waals surface area contributed by atoms with E-state index < -0.39 is 12.1 Å². The van der Waals surface area contributed by atoms with Crippen molar-refractivity contribution >= 4 is 17.7 Å². The van der Waals surface area contributed by atoms with Gasteiger partial charge in [0.2, 0.25) is 0 Å². The number of carbonyl (C=O) groups excluding carboxylic acids is 2. The molecule has 1 heterocycles. The predicted octanol–water partition coefficient (Wildman–Crippen LogP) is 2.98. The first-order valence-corrected chi connectivity index (χ1v) is 6.18. The van der Waals surface area contributed by atoms with Crippen LogP contribution in [0, 0.1) is 0 Å². The smallest absolute Gasteiger partial charge is 0.331 e. The first kappa shape index (κ1) is 14.3. The molecular formula is C14H13N5O2. The van der Waals surface area contributed by atoms with E-state index in [1.54, 1.807) is 48.8 Å². The number of amides is 4. The Kier molecular flexibility index (Phi) is 5.11. The number of pyridine rings is 1. The van der Waals surface area contributed by atoms with E-state index in [1.807, 2.05) is 6.07 Å². The molecule has 4 amide bonds. The van der Waals surface area contributed by atoms with Crippen LogP contribution >= 0.6 is 0 Å². The summed E-state index contributed by atoms with van der Waals surface area (Å²) in [5.74, 6) is 0. The Labute approximate surface area is 121 Å². The van der Waals surface area contributed by atoms with E-state index in [4.69, 9.17) is 0 Å². The summed E-state index contributed by atoms with van der Waals surface area (Å²) in [5, 5.41) is 11.6. The molecule has 0 spiro atoms. The second kappa shape index (κ2) is 7.49. The highest BCUT2D eigenvalue weighted by Crippen LogP contribution is 2.05. The van der Waals surface area contributed by atoms with E-state index in [2.05, 4.69) is 25.8 Å². The van der Waals surface area contributed by atoms with Crippen molar-refractivity contribution < 1.29 is 9.59 Å². The van der Waals surface area contributed by atoms with Crippen molar-refractivity contribution in [3.8, 4) is 0 Å². The maximum absolute atomic E-state index is 11.4. The molecule has 21 heavy (non-hydrogen) atoms. The fourth-order valence-corrected chi connectivity index (χ4v) is 1.47. The molecule has 0 fully saturated rings. The molecule has 0 aliphatic heterocycles. The summed E-state index contributed by atoms with van der Waals surface area (Å²) in [6, 6.07) is 10.9. The van der Waals surface area contributed by atoms with Crippen molar-refractivity contribution in [1.29, 1.82) is 0 Å². The molecule has 7 heteroatoms. The lowest BCUT2D eigenvalue weighted by Gasteiger charge is -2.01. The first-order chi connectivity index (χ1) is 10.2. The molecule has 2 aromatic rings. The van der Waals surface area contributed by atoms with Gasteiger partial charge in [0.1, 0.15) is 0 Å². The maximum Gasteiger partial charge on any atom is 0.364 e. The van der Waals surface area contributed by atoms with Gasteiger partial charge in [0.05, 0.1) is 0 Å². The summed E-state index contributed by atoms with van der Waals surface area (Å²) < 4.78 is 0. The van der Waals surface area contributed by atoms with Gasteiger partial charge in [-0.25, -0.2) is 9.59 Å². The minimum atomic E-state index is -0.708. The number of hydrogen-bond donors (Lipinski definition) is 2. The van der Waals surface area contributed by atoms with Crippen LogP contribution in [0.3, 0.4) is 0 Å². The predicted molar refractivity (Wildman–Crippen MR) is 76.8 cm³/mol. The number of aromatic nitrogens is 1. The molecule has 0 unspecified atom stereocenters. The second-order valence-corrected chi connectivity index (χ2v) is 4.01. The zero-order chi connectivity index (χ0) is 14.9. The van der Waals surface area contributed by atoms with Crippen molar-refractivity contribution in [2.45, 2.75) is 6.54 Å². The molecule has 0 radical (unpaired) electrons. The molecule has 0 aliphatic carbocycles. The number of benzene rings is 1. The summed E-state index contributed by atoms with van der Waals surface area (Å²) in [7, 11) is 0. The van der Waals surface area contributed by atoms with Crippen LogP contribution in [0.15, 0.2) is 65.1 Å². The summed E-state index contributed by atoms with van der Waals surface area (Å²) in [6.07, 6.45) is 3.24. The maximum atomic E-state index is 11.4. The van der Waals surface area contributed by atoms with Crippen LogP contribution in [0.1, 0.15) is 5.56 Å². The van der Waals surface area contributed by atoms with Crippen molar-refractivity contribution in [1.82, 2.24) is 10.3 Å². The molecule has 0 bridgehead atoms. The zero-order valence-electron chi connectivity index (χ0n) is 11.1. The molecule has 0 saturated carbocycles. The highest BCUT2D eigenvalue weighted by molar-refractivity contribution is 5.90. The van der Waals surface area contributed by atoms with E-state index >= 15 is 0 Å². The third-order valence-corrected chi connectivity index (χ3v) is 2.45. The number of azo groups is 1. The fraction of sp³-hybridized carbons (Fsp3) is 0.0714. The quantitative estimate of drug-likeness (QED) is 0.847. The average molecular weight is 283 g/mol. The van der Waals surface area contributed by atoms with Crippen LogP contribution in [0.4, 0.5) is 15.3 Å². The highest BCUT2D eigenvalue weighted by atomic mass is 16.2. The van der Waals surface area contributed by atoms with Crippen molar-refractivity contribution in [2.24, 2.45) is 10.2 Å². The lowest BCUT2D eigenvalue weighted by molar-refractivity contribution is 0.244.